The van der Waals surface area contributed by atoms with Gasteiger partial charge in [-0.25, -0.2) is 0 Å². The van der Waals surface area contributed by atoms with Crippen molar-refractivity contribution in [1.82, 2.24) is 0 Å². The molecule has 0 aromatic rings. The third-order valence-corrected chi connectivity index (χ3v) is 2.86. The minimum atomic E-state index is -0.412. The van der Waals surface area contributed by atoms with Gasteiger partial charge < -0.3 is 14.2 Å². The summed E-state index contributed by atoms with van der Waals surface area (Å²) in [6.45, 7) is 8.60. The Labute approximate surface area is 101 Å². The summed E-state index contributed by atoms with van der Waals surface area (Å²) in [5, 5.41) is 0. The van der Waals surface area contributed by atoms with E-state index in [0.717, 1.165) is 32.7 Å². The van der Waals surface area contributed by atoms with Crippen LogP contribution in [0.2, 0.25) is 0 Å². The lowest BCUT2D eigenvalue weighted by Gasteiger charge is -2.41. The van der Waals surface area contributed by atoms with Gasteiger partial charge in [0.25, 0.3) is 0 Å². The first-order valence-electron chi connectivity index (χ1n) is 5.39. The molecule has 1 aliphatic rings. The summed E-state index contributed by atoms with van der Waals surface area (Å²) in [7, 11) is 0. The molecule has 15 heavy (non-hydrogen) atoms. The van der Waals surface area contributed by atoms with E-state index in [9.17, 15) is 0 Å². The molecule has 1 aliphatic heterocycles. The number of hydrogen-bond acceptors (Lipinski definition) is 3. The van der Waals surface area contributed by atoms with Gasteiger partial charge in [-0.05, 0) is 13.3 Å². The van der Waals surface area contributed by atoms with Crippen molar-refractivity contribution in [2.75, 3.05) is 25.3 Å². The van der Waals surface area contributed by atoms with Gasteiger partial charge in [-0.2, -0.15) is 0 Å². The molecule has 0 radical (unpaired) electrons. The second-order valence-electron chi connectivity index (χ2n) is 5.00. The van der Waals surface area contributed by atoms with Crippen molar-refractivity contribution in [1.29, 1.82) is 0 Å². The second-order valence-corrected chi connectivity index (χ2v) is 5.45. The van der Waals surface area contributed by atoms with Gasteiger partial charge in [-0.1, -0.05) is 29.8 Å². The molecule has 0 amide bonds. The van der Waals surface area contributed by atoms with Gasteiger partial charge in [-0.15, -0.1) is 0 Å². The molecule has 1 heterocycles. The summed E-state index contributed by atoms with van der Waals surface area (Å²) >= 11 is 3.22. The smallest absolute Gasteiger partial charge is 0.165 e. The molecule has 3 nitrogen and oxygen atoms in total. The number of ether oxygens (including phenoxy) is 3. The van der Waals surface area contributed by atoms with Gasteiger partial charge in [0, 0.05) is 18.4 Å². The van der Waals surface area contributed by atoms with Gasteiger partial charge in [0.1, 0.15) is 5.52 Å². The van der Waals surface area contributed by atoms with Crippen molar-refractivity contribution in [3.63, 3.8) is 0 Å². The number of hydrogen-bond donors (Lipinski definition) is 0. The topological polar surface area (TPSA) is 27.7 Å². The van der Waals surface area contributed by atoms with Crippen LogP contribution >= 0.6 is 15.9 Å². The van der Waals surface area contributed by atoms with E-state index in [1.54, 1.807) is 0 Å². The van der Waals surface area contributed by atoms with Crippen LogP contribution in [0.25, 0.3) is 0 Å². The molecular weight excluding hydrogens is 260 g/mol. The third kappa shape index (κ3) is 4.81. The lowest BCUT2D eigenvalue weighted by atomic mass is 9.94. The zero-order valence-corrected chi connectivity index (χ0v) is 11.4. The SMILES string of the molecule is CC1(C)COC(C)(CCCOCBr)OC1. The van der Waals surface area contributed by atoms with E-state index in [1.165, 1.54) is 0 Å². The summed E-state index contributed by atoms with van der Waals surface area (Å²) < 4.78 is 16.8. The number of rotatable bonds is 5. The quantitative estimate of drug-likeness (QED) is 0.573. The summed E-state index contributed by atoms with van der Waals surface area (Å²) in [4.78, 5) is 0. The molecule has 0 spiro atoms. The molecule has 0 aliphatic carbocycles. The highest BCUT2D eigenvalue weighted by atomic mass is 79.9. The van der Waals surface area contributed by atoms with Gasteiger partial charge in [0.15, 0.2) is 5.79 Å². The van der Waals surface area contributed by atoms with Crippen LogP contribution in [0.4, 0.5) is 0 Å². The highest BCUT2D eigenvalue weighted by molar-refractivity contribution is 9.09. The molecule has 0 atom stereocenters. The monoisotopic (exact) mass is 280 g/mol. The Morgan fingerprint density at radius 3 is 2.33 bits per heavy atom. The molecule has 0 aromatic carbocycles. The maximum Gasteiger partial charge on any atom is 0.165 e. The maximum absolute atomic E-state index is 5.77. The molecule has 0 saturated carbocycles. The van der Waals surface area contributed by atoms with Crippen LogP contribution in [0.1, 0.15) is 33.6 Å². The Kier molecular flexibility index (Phi) is 5.03. The van der Waals surface area contributed by atoms with Crippen molar-refractivity contribution >= 4 is 15.9 Å². The predicted octanol–water partition coefficient (Wildman–Crippen LogP) is 2.92. The molecule has 0 N–H and O–H groups in total. The summed E-state index contributed by atoms with van der Waals surface area (Å²) in [6, 6.07) is 0. The minimum absolute atomic E-state index is 0.145. The van der Waals surface area contributed by atoms with Gasteiger partial charge >= 0.3 is 0 Å². The van der Waals surface area contributed by atoms with Crippen LogP contribution in [-0.2, 0) is 14.2 Å². The molecule has 0 aromatic heterocycles. The van der Waals surface area contributed by atoms with Crippen LogP contribution in [0, 0.1) is 5.41 Å². The predicted molar refractivity (Wildman–Crippen MR) is 63.1 cm³/mol. The van der Waals surface area contributed by atoms with E-state index in [0.29, 0.717) is 5.52 Å². The first kappa shape index (κ1) is 13.4. The van der Waals surface area contributed by atoms with Gasteiger partial charge in [0.05, 0.1) is 13.2 Å². The van der Waals surface area contributed by atoms with Gasteiger partial charge in [0.2, 0.25) is 0 Å². The second kappa shape index (κ2) is 5.62. The average molecular weight is 281 g/mol. The summed E-state index contributed by atoms with van der Waals surface area (Å²) in [5.41, 5.74) is 0.740. The average Bonchev–Trinajstić information content (AvgIpc) is 2.19. The normalized spacial score (nSPS) is 24.0. The van der Waals surface area contributed by atoms with Crippen LogP contribution in [0.3, 0.4) is 0 Å². The van der Waals surface area contributed by atoms with Crippen LogP contribution in [0.15, 0.2) is 0 Å². The van der Waals surface area contributed by atoms with Crippen LogP contribution in [-0.4, -0.2) is 31.1 Å². The standard InChI is InChI=1S/C11H21BrO3/c1-10(2)7-14-11(3,15-8-10)5-4-6-13-9-12/h4-9H2,1-3H3. The van der Waals surface area contributed by atoms with Crippen molar-refractivity contribution in [2.45, 2.75) is 39.4 Å². The Bertz CT molecular complexity index is 184. The van der Waals surface area contributed by atoms with Crippen LogP contribution in [0.5, 0.6) is 0 Å². The fraction of sp³-hybridized carbons (Fsp3) is 1.00. The lowest BCUT2D eigenvalue weighted by molar-refractivity contribution is -0.292. The Morgan fingerprint density at radius 2 is 1.80 bits per heavy atom. The highest BCUT2D eigenvalue weighted by Gasteiger charge is 2.36. The molecule has 1 rings (SSSR count). The number of alkyl halides is 1. The van der Waals surface area contributed by atoms with E-state index in [-0.39, 0.29) is 5.41 Å². The van der Waals surface area contributed by atoms with E-state index in [4.69, 9.17) is 14.2 Å². The molecule has 1 saturated heterocycles. The van der Waals surface area contributed by atoms with E-state index in [2.05, 4.69) is 29.8 Å². The molecule has 90 valence electrons. The zero-order chi connectivity index (χ0) is 11.4. The minimum Gasteiger partial charge on any atom is -0.370 e. The maximum atomic E-state index is 5.77. The first-order valence-corrected chi connectivity index (χ1v) is 6.51. The van der Waals surface area contributed by atoms with Crippen molar-refractivity contribution < 1.29 is 14.2 Å². The fourth-order valence-electron chi connectivity index (χ4n) is 1.47. The molecule has 0 bridgehead atoms. The van der Waals surface area contributed by atoms with Crippen LogP contribution < -0.4 is 0 Å². The molecular formula is C11H21BrO3. The molecule has 0 unspecified atom stereocenters. The van der Waals surface area contributed by atoms with E-state index in [1.807, 2.05) is 6.92 Å². The van der Waals surface area contributed by atoms with Crippen molar-refractivity contribution in [3.05, 3.63) is 0 Å². The summed E-state index contributed by atoms with van der Waals surface area (Å²) in [5.74, 6) is -0.412. The molecule has 1 fully saturated rings. The van der Waals surface area contributed by atoms with Crippen molar-refractivity contribution in [2.24, 2.45) is 5.41 Å². The van der Waals surface area contributed by atoms with Crippen molar-refractivity contribution in [3.8, 4) is 0 Å². The zero-order valence-electron chi connectivity index (χ0n) is 9.85. The Balaban J connectivity index is 2.23. The summed E-state index contributed by atoms with van der Waals surface area (Å²) in [6.07, 6.45) is 1.85. The third-order valence-electron chi connectivity index (χ3n) is 2.53. The lowest BCUT2D eigenvalue weighted by Crippen LogP contribution is -2.45. The Hall–Kier alpha value is 0.360. The fourth-order valence-corrected chi connectivity index (χ4v) is 1.70. The first-order chi connectivity index (χ1) is 6.97. The Morgan fingerprint density at radius 1 is 1.20 bits per heavy atom. The molecule has 4 heteroatoms. The highest BCUT2D eigenvalue weighted by Crippen LogP contribution is 2.31. The number of halogens is 1. The van der Waals surface area contributed by atoms with E-state index < -0.39 is 5.79 Å². The van der Waals surface area contributed by atoms with Gasteiger partial charge in [-0.3, -0.25) is 0 Å². The largest absolute Gasteiger partial charge is 0.370 e. The van der Waals surface area contributed by atoms with E-state index >= 15 is 0 Å².